The number of carbonyl (C=O) groups is 1. The molecule has 1 aliphatic heterocycles. The number of quaternary nitrogens is 1. The number of hydrogen-bond donors (Lipinski definition) is 1. The maximum atomic E-state index is 13.3. The van der Waals surface area contributed by atoms with Crippen LogP contribution in [0.3, 0.4) is 0 Å². The highest BCUT2D eigenvalue weighted by atomic mass is 16.5. The summed E-state index contributed by atoms with van der Waals surface area (Å²) in [6.07, 6.45) is 7.08. The van der Waals surface area contributed by atoms with E-state index in [2.05, 4.69) is 16.1 Å². The quantitative estimate of drug-likeness (QED) is 0.766. The molecule has 1 N–H and O–H groups in total. The van der Waals surface area contributed by atoms with Crippen molar-refractivity contribution in [3.63, 3.8) is 0 Å². The van der Waals surface area contributed by atoms with E-state index < -0.39 is 0 Å². The Morgan fingerprint density at radius 1 is 1.27 bits per heavy atom. The molecule has 1 amide bonds. The lowest BCUT2D eigenvalue weighted by Gasteiger charge is -2.30. The van der Waals surface area contributed by atoms with E-state index in [1.165, 1.54) is 25.7 Å². The molecule has 146 valence electrons. The van der Waals surface area contributed by atoms with Gasteiger partial charge in [0, 0.05) is 13.0 Å². The summed E-state index contributed by atoms with van der Waals surface area (Å²) in [5, 5.41) is 4.46. The van der Waals surface area contributed by atoms with E-state index in [9.17, 15) is 4.79 Å². The van der Waals surface area contributed by atoms with Crippen LogP contribution in [0.15, 0.2) is 6.07 Å². The first-order chi connectivity index (χ1) is 12.6. The van der Waals surface area contributed by atoms with Gasteiger partial charge in [-0.2, -0.15) is 5.10 Å². The van der Waals surface area contributed by atoms with E-state index in [1.807, 2.05) is 18.7 Å². The van der Waals surface area contributed by atoms with Crippen molar-refractivity contribution in [2.75, 3.05) is 39.4 Å². The summed E-state index contributed by atoms with van der Waals surface area (Å²) in [7, 11) is 1.98. The van der Waals surface area contributed by atoms with Crippen molar-refractivity contribution in [3.05, 3.63) is 17.5 Å². The van der Waals surface area contributed by atoms with Gasteiger partial charge in [0.25, 0.3) is 0 Å². The fourth-order valence-electron chi connectivity index (χ4n) is 4.26. The van der Waals surface area contributed by atoms with Gasteiger partial charge in [0.1, 0.15) is 13.1 Å². The van der Waals surface area contributed by atoms with Gasteiger partial charge in [0.05, 0.1) is 44.2 Å². The number of carbonyl (C=O) groups excluding carboxylic acids is 1. The van der Waals surface area contributed by atoms with Gasteiger partial charge >= 0.3 is 0 Å². The van der Waals surface area contributed by atoms with E-state index in [1.54, 1.807) is 4.90 Å². The lowest BCUT2D eigenvalue weighted by molar-refractivity contribution is -0.907. The highest BCUT2D eigenvalue weighted by Crippen LogP contribution is 2.25. The molecule has 0 spiro atoms. The Kier molecular flexibility index (Phi) is 7.08. The normalized spacial score (nSPS) is 20.1. The molecule has 1 aromatic rings. The average molecular weight is 364 g/mol. The molecule has 2 aliphatic rings. The molecular weight excluding hydrogens is 328 g/mol. The maximum absolute atomic E-state index is 13.3. The number of amides is 1. The summed E-state index contributed by atoms with van der Waals surface area (Å²) in [6.45, 7) is 8.31. The predicted molar refractivity (Wildman–Crippen MR) is 101 cm³/mol. The second-order valence-electron chi connectivity index (χ2n) is 7.96. The van der Waals surface area contributed by atoms with Gasteiger partial charge in [-0.05, 0) is 25.8 Å². The van der Waals surface area contributed by atoms with Crippen molar-refractivity contribution in [3.8, 4) is 0 Å². The maximum Gasteiger partial charge on any atom is 0.226 e. The standard InChI is InChI=1S/C20H34N4O2/c1-17-15-19(22(2)21-17)16-24(10-9-23-11-13-26-14-12-23)20(25)18-7-5-3-4-6-8-18/h15,18H,3-14,16H2,1-2H3/p+1. The first-order valence-corrected chi connectivity index (χ1v) is 10.3. The second-order valence-corrected chi connectivity index (χ2v) is 7.96. The number of nitrogens with zero attached hydrogens (tertiary/aromatic N) is 3. The fraction of sp³-hybridized carbons (Fsp3) is 0.800. The Labute approximate surface area is 157 Å². The third-order valence-corrected chi connectivity index (χ3v) is 5.90. The van der Waals surface area contributed by atoms with Crippen molar-refractivity contribution < 1.29 is 14.4 Å². The Balaban J connectivity index is 1.66. The van der Waals surface area contributed by atoms with E-state index in [0.717, 1.165) is 63.6 Å². The minimum absolute atomic E-state index is 0.214. The molecule has 6 nitrogen and oxygen atoms in total. The molecule has 0 aromatic carbocycles. The van der Waals surface area contributed by atoms with Crippen LogP contribution < -0.4 is 4.90 Å². The minimum atomic E-state index is 0.214. The summed E-state index contributed by atoms with van der Waals surface area (Å²) < 4.78 is 7.39. The zero-order chi connectivity index (χ0) is 18.4. The fourth-order valence-corrected chi connectivity index (χ4v) is 4.26. The van der Waals surface area contributed by atoms with Crippen LogP contribution in [0, 0.1) is 12.8 Å². The predicted octanol–water partition coefficient (Wildman–Crippen LogP) is 0.943. The van der Waals surface area contributed by atoms with E-state index in [4.69, 9.17) is 4.74 Å². The molecule has 1 aromatic heterocycles. The van der Waals surface area contributed by atoms with Gasteiger partial charge in [-0.15, -0.1) is 0 Å². The van der Waals surface area contributed by atoms with E-state index >= 15 is 0 Å². The highest BCUT2D eigenvalue weighted by molar-refractivity contribution is 5.78. The molecule has 6 heteroatoms. The molecule has 26 heavy (non-hydrogen) atoms. The Morgan fingerprint density at radius 2 is 1.96 bits per heavy atom. The number of nitrogens with one attached hydrogen (secondary N) is 1. The van der Waals surface area contributed by atoms with Gasteiger partial charge < -0.3 is 14.5 Å². The molecule has 0 radical (unpaired) electrons. The van der Waals surface area contributed by atoms with Crippen molar-refractivity contribution in [2.45, 2.75) is 52.0 Å². The molecule has 2 fully saturated rings. The van der Waals surface area contributed by atoms with Gasteiger partial charge in [-0.3, -0.25) is 9.48 Å². The third-order valence-electron chi connectivity index (χ3n) is 5.90. The summed E-state index contributed by atoms with van der Waals surface area (Å²) in [4.78, 5) is 17.0. The van der Waals surface area contributed by atoms with Gasteiger partial charge in [0.2, 0.25) is 5.91 Å². The summed E-state index contributed by atoms with van der Waals surface area (Å²) in [5.74, 6) is 0.574. The van der Waals surface area contributed by atoms with Crippen LogP contribution in [0.25, 0.3) is 0 Å². The third kappa shape index (κ3) is 5.30. The summed E-state index contributed by atoms with van der Waals surface area (Å²) >= 11 is 0. The van der Waals surface area contributed by atoms with Crippen LogP contribution in [0.2, 0.25) is 0 Å². The number of aromatic nitrogens is 2. The van der Waals surface area contributed by atoms with E-state index in [-0.39, 0.29) is 5.92 Å². The van der Waals surface area contributed by atoms with Crippen molar-refractivity contribution in [2.24, 2.45) is 13.0 Å². The first kappa shape index (κ1) is 19.4. The number of morpholine rings is 1. The van der Waals surface area contributed by atoms with Crippen LogP contribution in [-0.2, 0) is 23.1 Å². The minimum Gasteiger partial charge on any atom is -0.370 e. The van der Waals surface area contributed by atoms with Crippen LogP contribution in [0.1, 0.15) is 49.9 Å². The zero-order valence-electron chi connectivity index (χ0n) is 16.5. The second kappa shape index (κ2) is 9.51. The van der Waals surface area contributed by atoms with Gasteiger partial charge in [-0.1, -0.05) is 25.7 Å². The largest absolute Gasteiger partial charge is 0.370 e. The number of hydrogen-bond acceptors (Lipinski definition) is 3. The summed E-state index contributed by atoms with van der Waals surface area (Å²) in [6, 6.07) is 2.11. The van der Waals surface area contributed by atoms with Crippen molar-refractivity contribution in [1.82, 2.24) is 14.7 Å². The highest BCUT2D eigenvalue weighted by Gasteiger charge is 2.27. The molecule has 1 saturated heterocycles. The monoisotopic (exact) mass is 363 g/mol. The SMILES string of the molecule is Cc1cc(CN(CC[NH+]2CCOCC2)C(=O)C2CCCCCC2)n(C)n1. The first-order valence-electron chi connectivity index (χ1n) is 10.3. The zero-order valence-corrected chi connectivity index (χ0v) is 16.5. The average Bonchev–Trinajstić information content (AvgIpc) is 2.83. The molecular formula is C20H35N4O2+. The Hall–Kier alpha value is -1.40. The van der Waals surface area contributed by atoms with Crippen LogP contribution in [0.5, 0.6) is 0 Å². The van der Waals surface area contributed by atoms with Crippen molar-refractivity contribution >= 4 is 5.91 Å². The van der Waals surface area contributed by atoms with Crippen LogP contribution in [-0.4, -0.2) is 60.0 Å². The number of ether oxygens (including phenoxy) is 1. The molecule has 0 bridgehead atoms. The van der Waals surface area contributed by atoms with Crippen LogP contribution >= 0.6 is 0 Å². The van der Waals surface area contributed by atoms with Gasteiger partial charge in [0.15, 0.2) is 0 Å². The number of aryl methyl sites for hydroxylation is 2. The van der Waals surface area contributed by atoms with Crippen LogP contribution in [0.4, 0.5) is 0 Å². The smallest absolute Gasteiger partial charge is 0.226 e. The molecule has 0 unspecified atom stereocenters. The molecule has 1 saturated carbocycles. The van der Waals surface area contributed by atoms with Gasteiger partial charge in [-0.25, -0.2) is 0 Å². The lowest BCUT2D eigenvalue weighted by atomic mass is 9.98. The Morgan fingerprint density at radius 3 is 2.58 bits per heavy atom. The van der Waals surface area contributed by atoms with E-state index in [0.29, 0.717) is 12.5 Å². The lowest BCUT2D eigenvalue weighted by Crippen LogP contribution is -3.14. The number of rotatable bonds is 6. The van der Waals surface area contributed by atoms with Crippen molar-refractivity contribution in [1.29, 1.82) is 0 Å². The Bertz CT molecular complexity index is 572. The molecule has 0 atom stereocenters. The molecule has 2 heterocycles. The summed E-state index contributed by atoms with van der Waals surface area (Å²) in [5.41, 5.74) is 2.14. The molecule has 1 aliphatic carbocycles. The molecule has 3 rings (SSSR count). The topological polar surface area (TPSA) is 51.8 Å².